The maximum atomic E-state index is 13.2. The first kappa shape index (κ1) is 13.1. The van der Waals surface area contributed by atoms with E-state index < -0.39 is 0 Å². The zero-order chi connectivity index (χ0) is 13.0. The van der Waals surface area contributed by atoms with Gasteiger partial charge in [-0.1, -0.05) is 30.3 Å². The van der Waals surface area contributed by atoms with Crippen LogP contribution in [0.15, 0.2) is 53.4 Å². The highest BCUT2D eigenvalue weighted by Gasteiger charge is 2.09. The van der Waals surface area contributed by atoms with Gasteiger partial charge in [0.25, 0.3) is 0 Å². The van der Waals surface area contributed by atoms with Gasteiger partial charge in [0.1, 0.15) is 5.82 Å². The third-order valence-electron chi connectivity index (χ3n) is 2.70. The van der Waals surface area contributed by atoms with Crippen LogP contribution in [0.3, 0.4) is 0 Å². The van der Waals surface area contributed by atoms with Crippen LogP contribution < -0.4 is 5.73 Å². The highest BCUT2D eigenvalue weighted by molar-refractivity contribution is 7.98. The fourth-order valence-corrected chi connectivity index (χ4v) is 2.83. The summed E-state index contributed by atoms with van der Waals surface area (Å²) in [6, 6.07) is 14.9. The zero-order valence-electron chi connectivity index (χ0n) is 10.3. The molecule has 2 aromatic carbocycles. The maximum absolute atomic E-state index is 13.2. The van der Waals surface area contributed by atoms with Crippen molar-refractivity contribution in [3.8, 4) is 0 Å². The van der Waals surface area contributed by atoms with Crippen molar-refractivity contribution in [2.24, 2.45) is 5.73 Å². The topological polar surface area (TPSA) is 26.0 Å². The molecular weight excluding hydrogens is 245 g/mol. The van der Waals surface area contributed by atoms with Crippen LogP contribution >= 0.6 is 11.8 Å². The first-order valence-electron chi connectivity index (χ1n) is 5.88. The third-order valence-corrected chi connectivity index (χ3v) is 3.86. The molecule has 0 saturated heterocycles. The van der Waals surface area contributed by atoms with Gasteiger partial charge in [0.2, 0.25) is 0 Å². The van der Waals surface area contributed by atoms with E-state index in [1.807, 2.05) is 31.2 Å². The van der Waals surface area contributed by atoms with Crippen molar-refractivity contribution in [1.82, 2.24) is 0 Å². The molecule has 2 rings (SSSR count). The minimum Gasteiger partial charge on any atom is -0.324 e. The van der Waals surface area contributed by atoms with Crippen molar-refractivity contribution in [3.63, 3.8) is 0 Å². The first-order chi connectivity index (χ1) is 8.66. The molecule has 0 heterocycles. The van der Waals surface area contributed by atoms with Crippen LogP contribution in [0.4, 0.5) is 4.39 Å². The van der Waals surface area contributed by atoms with Crippen molar-refractivity contribution in [2.75, 3.05) is 0 Å². The Hall–Kier alpha value is -1.32. The van der Waals surface area contributed by atoms with Gasteiger partial charge in [-0.3, -0.25) is 0 Å². The Morgan fingerprint density at radius 2 is 1.89 bits per heavy atom. The summed E-state index contributed by atoms with van der Waals surface area (Å²) >= 11 is 1.69. The van der Waals surface area contributed by atoms with E-state index in [2.05, 4.69) is 12.1 Å². The SMILES string of the molecule is CC(N)c1cc(F)ccc1SCc1ccccc1. The molecule has 3 heteroatoms. The average molecular weight is 261 g/mol. The lowest BCUT2D eigenvalue weighted by molar-refractivity contribution is 0.619. The Morgan fingerprint density at radius 1 is 1.17 bits per heavy atom. The molecule has 2 aromatic rings. The van der Waals surface area contributed by atoms with E-state index in [9.17, 15) is 4.39 Å². The molecule has 0 spiro atoms. The number of halogens is 1. The van der Waals surface area contributed by atoms with E-state index in [-0.39, 0.29) is 11.9 Å². The van der Waals surface area contributed by atoms with Crippen molar-refractivity contribution in [3.05, 3.63) is 65.5 Å². The Morgan fingerprint density at radius 3 is 2.56 bits per heavy atom. The summed E-state index contributed by atoms with van der Waals surface area (Å²) in [5.74, 6) is 0.637. The van der Waals surface area contributed by atoms with Crippen LogP contribution in [0, 0.1) is 5.82 Å². The molecule has 0 aliphatic heterocycles. The molecular formula is C15H16FNS. The third kappa shape index (κ3) is 3.34. The number of thioether (sulfide) groups is 1. The predicted octanol–water partition coefficient (Wildman–Crippen LogP) is 4.14. The fraction of sp³-hybridized carbons (Fsp3) is 0.200. The Labute approximate surface area is 111 Å². The maximum Gasteiger partial charge on any atom is 0.123 e. The average Bonchev–Trinajstić information content (AvgIpc) is 2.38. The predicted molar refractivity (Wildman–Crippen MR) is 75.0 cm³/mol. The number of hydrogen-bond donors (Lipinski definition) is 1. The summed E-state index contributed by atoms with van der Waals surface area (Å²) in [6.07, 6.45) is 0. The highest BCUT2D eigenvalue weighted by Crippen LogP contribution is 2.29. The number of rotatable bonds is 4. The lowest BCUT2D eigenvalue weighted by Gasteiger charge is -2.12. The van der Waals surface area contributed by atoms with Gasteiger partial charge < -0.3 is 5.73 Å². The summed E-state index contributed by atoms with van der Waals surface area (Å²) in [5.41, 5.74) is 8.00. The number of nitrogens with two attached hydrogens (primary N) is 1. The van der Waals surface area contributed by atoms with Gasteiger partial charge in [-0.2, -0.15) is 0 Å². The standard InChI is InChI=1S/C15H16FNS/c1-11(17)14-9-13(16)7-8-15(14)18-10-12-5-3-2-4-6-12/h2-9,11H,10,17H2,1H3. The second kappa shape index (κ2) is 6.03. The summed E-state index contributed by atoms with van der Waals surface area (Å²) < 4.78 is 13.2. The molecule has 0 radical (unpaired) electrons. The van der Waals surface area contributed by atoms with E-state index in [1.165, 1.54) is 17.7 Å². The van der Waals surface area contributed by atoms with Gasteiger partial charge in [-0.25, -0.2) is 4.39 Å². The van der Waals surface area contributed by atoms with Gasteiger partial charge in [0, 0.05) is 16.7 Å². The van der Waals surface area contributed by atoms with Crippen molar-refractivity contribution in [1.29, 1.82) is 0 Å². The van der Waals surface area contributed by atoms with E-state index in [1.54, 1.807) is 11.8 Å². The second-order valence-corrected chi connectivity index (χ2v) is 5.26. The molecule has 0 fully saturated rings. The summed E-state index contributed by atoms with van der Waals surface area (Å²) in [6.45, 7) is 1.88. The van der Waals surface area contributed by atoms with Gasteiger partial charge in [0.15, 0.2) is 0 Å². The molecule has 1 unspecified atom stereocenters. The highest BCUT2D eigenvalue weighted by atomic mass is 32.2. The second-order valence-electron chi connectivity index (χ2n) is 4.25. The van der Waals surface area contributed by atoms with Gasteiger partial charge in [0.05, 0.1) is 0 Å². The molecule has 0 aromatic heterocycles. The van der Waals surface area contributed by atoms with Crippen LogP contribution in [-0.2, 0) is 5.75 Å². The molecule has 0 aliphatic carbocycles. The first-order valence-corrected chi connectivity index (χ1v) is 6.87. The zero-order valence-corrected chi connectivity index (χ0v) is 11.1. The molecule has 1 nitrogen and oxygen atoms in total. The van der Waals surface area contributed by atoms with Gasteiger partial charge >= 0.3 is 0 Å². The van der Waals surface area contributed by atoms with Crippen molar-refractivity contribution >= 4 is 11.8 Å². The molecule has 0 amide bonds. The minimum absolute atomic E-state index is 0.154. The summed E-state index contributed by atoms with van der Waals surface area (Å²) in [5, 5.41) is 0. The molecule has 2 N–H and O–H groups in total. The molecule has 1 atom stereocenters. The van der Waals surface area contributed by atoms with E-state index in [0.29, 0.717) is 0 Å². The van der Waals surface area contributed by atoms with Crippen LogP contribution in [0.5, 0.6) is 0 Å². The summed E-state index contributed by atoms with van der Waals surface area (Å²) in [4.78, 5) is 1.05. The Kier molecular flexibility index (Phi) is 4.39. The monoisotopic (exact) mass is 261 g/mol. The largest absolute Gasteiger partial charge is 0.324 e. The van der Waals surface area contributed by atoms with Crippen LogP contribution in [-0.4, -0.2) is 0 Å². The Balaban J connectivity index is 2.14. The minimum atomic E-state index is -0.230. The van der Waals surface area contributed by atoms with Crippen LogP contribution in [0.1, 0.15) is 24.1 Å². The normalized spacial score (nSPS) is 12.4. The molecule has 18 heavy (non-hydrogen) atoms. The van der Waals surface area contributed by atoms with Gasteiger partial charge in [-0.05, 0) is 36.2 Å². The fourth-order valence-electron chi connectivity index (χ4n) is 1.74. The van der Waals surface area contributed by atoms with E-state index in [4.69, 9.17) is 5.73 Å². The van der Waals surface area contributed by atoms with E-state index >= 15 is 0 Å². The van der Waals surface area contributed by atoms with Crippen molar-refractivity contribution < 1.29 is 4.39 Å². The quantitative estimate of drug-likeness (QED) is 0.837. The smallest absolute Gasteiger partial charge is 0.123 e. The molecule has 0 bridgehead atoms. The molecule has 94 valence electrons. The van der Waals surface area contributed by atoms with Crippen LogP contribution in [0.2, 0.25) is 0 Å². The molecule has 0 aliphatic rings. The number of benzene rings is 2. The lowest BCUT2D eigenvalue weighted by atomic mass is 10.1. The van der Waals surface area contributed by atoms with Crippen molar-refractivity contribution in [2.45, 2.75) is 23.6 Å². The van der Waals surface area contributed by atoms with Crippen LogP contribution in [0.25, 0.3) is 0 Å². The lowest BCUT2D eigenvalue weighted by Crippen LogP contribution is -2.06. The van der Waals surface area contributed by atoms with Gasteiger partial charge in [-0.15, -0.1) is 11.8 Å². The summed E-state index contributed by atoms with van der Waals surface area (Å²) in [7, 11) is 0. The van der Waals surface area contributed by atoms with E-state index in [0.717, 1.165) is 16.2 Å². The molecule has 0 saturated carbocycles. The Bertz CT molecular complexity index is 511. The number of hydrogen-bond acceptors (Lipinski definition) is 2.